The molecule has 0 aromatic carbocycles. The van der Waals surface area contributed by atoms with E-state index in [1.54, 1.807) is 37.0 Å². The van der Waals surface area contributed by atoms with Crippen LogP contribution < -0.4 is 5.32 Å². The highest BCUT2D eigenvalue weighted by Crippen LogP contribution is 2.42. The van der Waals surface area contributed by atoms with Crippen LogP contribution in [-0.2, 0) is 27.9 Å². The van der Waals surface area contributed by atoms with E-state index in [9.17, 15) is 9.59 Å². The number of hydrogen-bond acceptors (Lipinski definition) is 5. The van der Waals surface area contributed by atoms with E-state index >= 15 is 0 Å². The lowest BCUT2D eigenvalue weighted by molar-refractivity contribution is -0.138. The Hall–Kier alpha value is -1.93. The second-order valence-corrected chi connectivity index (χ2v) is 6.54. The number of ether oxygens (including phenoxy) is 2. The van der Waals surface area contributed by atoms with Crippen LogP contribution in [-0.4, -0.2) is 67.0 Å². The maximum atomic E-state index is 13.0. The molecule has 0 bridgehead atoms. The summed E-state index contributed by atoms with van der Waals surface area (Å²) in [6.45, 7) is 2.28. The van der Waals surface area contributed by atoms with Crippen molar-refractivity contribution in [2.75, 3.05) is 40.5 Å². The van der Waals surface area contributed by atoms with Crippen LogP contribution in [0.15, 0.2) is 6.20 Å². The third kappa shape index (κ3) is 2.69. The van der Waals surface area contributed by atoms with E-state index in [0.29, 0.717) is 44.0 Å². The number of fused-ring (bicyclic) bond motifs is 1. The summed E-state index contributed by atoms with van der Waals surface area (Å²) < 4.78 is 12.3. The second-order valence-electron chi connectivity index (χ2n) is 6.54. The summed E-state index contributed by atoms with van der Waals surface area (Å²) in [5.74, 6) is -0.0834. The maximum absolute atomic E-state index is 13.0. The smallest absolute Gasteiger partial charge is 0.257 e. The van der Waals surface area contributed by atoms with Gasteiger partial charge >= 0.3 is 0 Å². The molecule has 3 rings (SSSR count). The van der Waals surface area contributed by atoms with Crippen LogP contribution in [0.25, 0.3) is 0 Å². The van der Waals surface area contributed by atoms with Crippen molar-refractivity contribution in [1.82, 2.24) is 20.0 Å². The van der Waals surface area contributed by atoms with Gasteiger partial charge in [-0.3, -0.25) is 14.3 Å². The molecule has 2 saturated heterocycles. The minimum absolute atomic E-state index is 0.00518. The quantitative estimate of drug-likeness (QED) is 0.822. The Balaban J connectivity index is 1.86. The predicted molar refractivity (Wildman–Crippen MR) is 85.3 cm³/mol. The minimum atomic E-state index is -0.549. The van der Waals surface area contributed by atoms with Gasteiger partial charge < -0.3 is 19.7 Å². The van der Waals surface area contributed by atoms with Crippen LogP contribution in [0.1, 0.15) is 22.5 Å². The Morgan fingerprint density at radius 1 is 1.54 bits per heavy atom. The van der Waals surface area contributed by atoms with Crippen molar-refractivity contribution in [3.8, 4) is 0 Å². The summed E-state index contributed by atoms with van der Waals surface area (Å²) in [6.07, 6.45) is 2.35. The Morgan fingerprint density at radius 3 is 3.04 bits per heavy atom. The SMILES string of the molecule is CNC(=O)[C@]12CCOC[C@H]1CN(C(=O)c1cn(C)nc1COC)C2. The van der Waals surface area contributed by atoms with Crippen molar-refractivity contribution < 1.29 is 19.1 Å². The van der Waals surface area contributed by atoms with Gasteiger partial charge in [-0.2, -0.15) is 5.10 Å². The third-order valence-corrected chi connectivity index (χ3v) is 5.09. The monoisotopic (exact) mass is 336 g/mol. The minimum Gasteiger partial charge on any atom is -0.381 e. The Bertz CT molecular complexity index is 644. The number of nitrogens with one attached hydrogen (secondary N) is 1. The van der Waals surface area contributed by atoms with Gasteiger partial charge in [0.05, 0.1) is 24.2 Å². The topological polar surface area (TPSA) is 85.7 Å². The molecule has 0 aliphatic carbocycles. The van der Waals surface area contributed by atoms with Gasteiger partial charge in [-0.05, 0) is 6.42 Å². The molecule has 2 amide bonds. The normalized spacial score (nSPS) is 26.3. The number of amides is 2. The van der Waals surface area contributed by atoms with Crippen LogP contribution in [0.5, 0.6) is 0 Å². The fourth-order valence-electron chi connectivity index (χ4n) is 3.85. The molecule has 3 heterocycles. The molecule has 1 N–H and O–H groups in total. The fraction of sp³-hybridized carbons (Fsp3) is 0.688. The van der Waals surface area contributed by atoms with Crippen LogP contribution in [0.4, 0.5) is 0 Å². The van der Waals surface area contributed by atoms with Gasteiger partial charge in [0, 0.05) is 53.0 Å². The summed E-state index contributed by atoms with van der Waals surface area (Å²) in [5, 5.41) is 7.06. The molecule has 0 saturated carbocycles. The van der Waals surface area contributed by atoms with Crippen LogP contribution in [0, 0.1) is 11.3 Å². The van der Waals surface area contributed by atoms with E-state index < -0.39 is 5.41 Å². The lowest BCUT2D eigenvalue weighted by atomic mass is 9.73. The van der Waals surface area contributed by atoms with Gasteiger partial charge in [0.15, 0.2) is 0 Å². The molecule has 2 aliphatic heterocycles. The number of aryl methyl sites for hydroxylation is 1. The second kappa shape index (κ2) is 6.52. The van der Waals surface area contributed by atoms with E-state index in [1.807, 2.05) is 0 Å². The van der Waals surface area contributed by atoms with Crippen molar-refractivity contribution >= 4 is 11.8 Å². The largest absolute Gasteiger partial charge is 0.381 e. The molecule has 2 aliphatic rings. The molecule has 0 radical (unpaired) electrons. The van der Waals surface area contributed by atoms with E-state index in [1.165, 1.54) is 0 Å². The van der Waals surface area contributed by atoms with Gasteiger partial charge in [-0.25, -0.2) is 0 Å². The van der Waals surface area contributed by atoms with Crippen molar-refractivity contribution in [3.63, 3.8) is 0 Å². The molecule has 8 heteroatoms. The van der Waals surface area contributed by atoms with Gasteiger partial charge in [0.2, 0.25) is 5.91 Å². The van der Waals surface area contributed by atoms with E-state index in [4.69, 9.17) is 9.47 Å². The van der Waals surface area contributed by atoms with Crippen molar-refractivity contribution in [2.45, 2.75) is 13.0 Å². The molecule has 2 atom stereocenters. The summed E-state index contributed by atoms with van der Waals surface area (Å²) >= 11 is 0. The number of carbonyl (C=O) groups is 2. The molecular formula is C16H24N4O4. The van der Waals surface area contributed by atoms with Crippen LogP contribution in [0.3, 0.4) is 0 Å². The standard InChI is InChI=1S/C16H24N4O4/c1-17-15(22)16-4-5-24-8-11(16)6-20(10-16)14(21)12-7-19(2)18-13(12)9-23-3/h7,11H,4-6,8-10H2,1-3H3,(H,17,22)/t11-,16+/m1/s1. The molecule has 8 nitrogen and oxygen atoms in total. The molecule has 132 valence electrons. The third-order valence-electron chi connectivity index (χ3n) is 5.09. The average molecular weight is 336 g/mol. The summed E-state index contributed by atoms with van der Waals surface area (Å²) in [4.78, 5) is 27.3. The van der Waals surface area contributed by atoms with Crippen molar-refractivity contribution in [3.05, 3.63) is 17.5 Å². The van der Waals surface area contributed by atoms with Crippen LogP contribution >= 0.6 is 0 Å². The highest BCUT2D eigenvalue weighted by molar-refractivity contribution is 5.96. The molecule has 24 heavy (non-hydrogen) atoms. The molecule has 1 aromatic rings. The number of likely N-dealkylation sites (tertiary alicyclic amines) is 1. The van der Waals surface area contributed by atoms with E-state index in [2.05, 4.69) is 10.4 Å². The first kappa shape index (κ1) is 16.9. The lowest BCUT2D eigenvalue weighted by Gasteiger charge is -2.36. The highest BCUT2D eigenvalue weighted by Gasteiger charge is 2.54. The number of hydrogen-bond donors (Lipinski definition) is 1. The zero-order chi connectivity index (χ0) is 17.3. The molecule has 2 fully saturated rings. The average Bonchev–Trinajstić information content (AvgIpc) is 3.15. The van der Waals surface area contributed by atoms with Crippen LogP contribution in [0.2, 0.25) is 0 Å². The van der Waals surface area contributed by atoms with Crippen molar-refractivity contribution in [1.29, 1.82) is 0 Å². The first-order valence-corrected chi connectivity index (χ1v) is 8.12. The molecule has 0 spiro atoms. The van der Waals surface area contributed by atoms with Crippen molar-refractivity contribution in [2.24, 2.45) is 18.4 Å². The maximum Gasteiger partial charge on any atom is 0.257 e. The summed E-state index contributed by atoms with van der Waals surface area (Å²) in [6, 6.07) is 0. The zero-order valence-corrected chi connectivity index (χ0v) is 14.4. The van der Waals surface area contributed by atoms with E-state index in [0.717, 1.165) is 0 Å². The highest BCUT2D eigenvalue weighted by atomic mass is 16.5. The number of aromatic nitrogens is 2. The summed E-state index contributed by atoms with van der Waals surface area (Å²) in [5.41, 5.74) is 0.600. The van der Waals surface area contributed by atoms with Gasteiger partial charge in [-0.1, -0.05) is 0 Å². The molecule has 1 aromatic heterocycles. The van der Waals surface area contributed by atoms with Gasteiger partial charge in [0.25, 0.3) is 5.91 Å². The van der Waals surface area contributed by atoms with Gasteiger partial charge in [0.1, 0.15) is 5.69 Å². The van der Waals surface area contributed by atoms with Gasteiger partial charge in [-0.15, -0.1) is 0 Å². The van der Waals surface area contributed by atoms with E-state index in [-0.39, 0.29) is 24.3 Å². The number of methoxy groups -OCH3 is 1. The Labute approximate surface area is 141 Å². The molecule has 0 unspecified atom stereocenters. The summed E-state index contributed by atoms with van der Waals surface area (Å²) in [7, 11) is 5.00. The lowest BCUT2D eigenvalue weighted by Crippen LogP contribution is -2.49. The molecular weight excluding hydrogens is 312 g/mol. The fourth-order valence-corrected chi connectivity index (χ4v) is 3.85. The Morgan fingerprint density at radius 2 is 2.33 bits per heavy atom. The number of carbonyl (C=O) groups excluding carboxylic acids is 2. The predicted octanol–water partition coefficient (Wildman–Crippen LogP) is -0.209. The Kier molecular flexibility index (Phi) is 4.60. The number of rotatable bonds is 4. The first-order valence-electron chi connectivity index (χ1n) is 8.12. The zero-order valence-electron chi connectivity index (χ0n) is 14.4. The number of nitrogens with zero attached hydrogens (tertiary/aromatic N) is 3. The first-order chi connectivity index (χ1) is 11.5.